The number of carbonyl (C=O) groups is 1. The molecule has 0 aliphatic carbocycles. The standard InChI is InChI=1S/C17H18FNO2/c1-4-19(16-10-13(20)7-6-12(16)3)17(21)14-8-5-11(2)9-15(14)18/h5-10,20H,4H2,1-3H3. The number of carbonyl (C=O) groups excluding carboxylic acids is 1. The van der Waals surface area contributed by atoms with Crippen molar-refractivity contribution < 1.29 is 14.3 Å². The number of aromatic hydroxyl groups is 1. The van der Waals surface area contributed by atoms with Crippen LogP contribution in [0, 0.1) is 19.7 Å². The van der Waals surface area contributed by atoms with E-state index in [0.29, 0.717) is 12.2 Å². The Labute approximate surface area is 123 Å². The summed E-state index contributed by atoms with van der Waals surface area (Å²) in [6.07, 6.45) is 0. The van der Waals surface area contributed by atoms with Gasteiger partial charge in [0.25, 0.3) is 5.91 Å². The third-order valence-electron chi connectivity index (χ3n) is 3.40. The predicted octanol–water partition coefficient (Wildman–Crippen LogP) is 3.81. The van der Waals surface area contributed by atoms with Gasteiger partial charge in [-0.1, -0.05) is 12.1 Å². The Morgan fingerprint density at radius 2 is 1.90 bits per heavy atom. The molecule has 0 aliphatic rings. The van der Waals surface area contributed by atoms with Crippen molar-refractivity contribution in [3.63, 3.8) is 0 Å². The molecule has 4 heteroatoms. The highest BCUT2D eigenvalue weighted by atomic mass is 19.1. The summed E-state index contributed by atoms with van der Waals surface area (Å²) >= 11 is 0. The van der Waals surface area contributed by atoms with Crippen LogP contribution in [0.3, 0.4) is 0 Å². The number of aryl methyl sites for hydroxylation is 2. The lowest BCUT2D eigenvalue weighted by Gasteiger charge is -2.23. The van der Waals surface area contributed by atoms with Crippen molar-refractivity contribution in [3.8, 4) is 5.75 Å². The van der Waals surface area contributed by atoms with Crippen LogP contribution < -0.4 is 4.90 Å². The Morgan fingerprint density at radius 3 is 2.52 bits per heavy atom. The van der Waals surface area contributed by atoms with Crippen molar-refractivity contribution in [2.75, 3.05) is 11.4 Å². The molecule has 0 atom stereocenters. The predicted molar refractivity (Wildman–Crippen MR) is 81.3 cm³/mol. The van der Waals surface area contributed by atoms with Crippen LogP contribution in [0.2, 0.25) is 0 Å². The minimum Gasteiger partial charge on any atom is -0.508 e. The summed E-state index contributed by atoms with van der Waals surface area (Å²) in [7, 11) is 0. The Balaban J connectivity index is 2.45. The number of hydrogen-bond acceptors (Lipinski definition) is 2. The van der Waals surface area contributed by atoms with E-state index in [2.05, 4.69) is 0 Å². The molecular weight excluding hydrogens is 269 g/mol. The van der Waals surface area contributed by atoms with Crippen molar-refractivity contribution >= 4 is 11.6 Å². The first kappa shape index (κ1) is 15.0. The highest BCUT2D eigenvalue weighted by molar-refractivity contribution is 6.06. The number of hydrogen-bond donors (Lipinski definition) is 1. The number of nitrogens with zero attached hydrogens (tertiary/aromatic N) is 1. The number of rotatable bonds is 3. The van der Waals surface area contributed by atoms with Gasteiger partial charge in [0.1, 0.15) is 11.6 Å². The van der Waals surface area contributed by atoms with E-state index in [1.54, 1.807) is 25.1 Å². The van der Waals surface area contributed by atoms with Gasteiger partial charge in [-0.3, -0.25) is 4.79 Å². The van der Waals surface area contributed by atoms with E-state index < -0.39 is 11.7 Å². The average molecular weight is 287 g/mol. The molecule has 0 spiro atoms. The molecule has 0 fully saturated rings. The molecule has 21 heavy (non-hydrogen) atoms. The fraction of sp³-hybridized carbons (Fsp3) is 0.235. The van der Waals surface area contributed by atoms with E-state index in [9.17, 15) is 14.3 Å². The maximum absolute atomic E-state index is 14.0. The molecule has 0 heterocycles. The first-order valence-electron chi connectivity index (χ1n) is 6.81. The highest BCUT2D eigenvalue weighted by Gasteiger charge is 2.21. The molecule has 0 radical (unpaired) electrons. The Kier molecular flexibility index (Phi) is 4.26. The second-order valence-corrected chi connectivity index (χ2v) is 5.00. The molecule has 2 aromatic carbocycles. The van der Waals surface area contributed by atoms with Crippen molar-refractivity contribution in [3.05, 3.63) is 58.9 Å². The molecule has 2 aromatic rings. The van der Waals surface area contributed by atoms with Crippen LogP contribution in [-0.4, -0.2) is 17.6 Å². The molecule has 110 valence electrons. The largest absolute Gasteiger partial charge is 0.508 e. The first-order chi connectivity index (χ1) is 9.93. The fourth-order valence-corrected chi connectivity index (χ4v) is 2.25. The van der Waals surface area contributed by atoms with Crippen LogP contribution in [0.1, 0.15) is 28.4 Å². The van der Waals surface area contributed by atoms with E-state index in [-0.39, 0.29) is 11.3 Å². The lowest BCUT2D eigenvalue weighted by molar-refractivity contribution is 0.0984. The van der Waals surface area contributed by atoms with Gasteiger partial charge >= 0.3 is 0 Å². The topological polar surface area (TPSA) is 40.5 Å². The molecule has 1 N–H and O–H groups in total. The highest BCUT2D eigenvalue weighted by Crippen LogP contribution is 2.26. The maximum Gasteiger partial charge on any atom is 0.261 e. The van der Waals surface area contributed by atoms with Gasteiger partial charge < -0.3 is 10.0 Å². The molecule has 0 saturated carbocycles. The van der Waals surface area contributed by atoms with Crippen molar-refractivity contribution in [1.29, 1.82) is 0 Å². The second-order valence-electron chi connectivity index (χ2n) is 5.00. The number of anilines is 1. The van der Waals surface area contributed by atoms with E-state index in [1.165, 1.54) is 23.1 Å². The molecule has 0 unspecified atom stereocenters. The van der Waals surface area contributed by atoms with Gasteiger partial charge in [-0.25, -0.2) is 4.39 Å². The average Bonchev–Trinajstić information content (AvgIpc) is 2.43. The van der Waals surface area contributed by atoms with Crippen LogP contribution in [0.4, 0.5) is 10.1 Å². The van der Waals surface area contributed by atoms with Crippen LogP contribution in [0.15, 0.2) is 36.4 Å². The maximum atomic E-state index is 14.0. The SMILES string of the molecule is CCN(C(=O)c1ccc(C)cc1F)c1cc(O)ccc1C. The minimum absolute atomic E-state index is 0.0326. The summed E-state index contributed by atoms with van der Waals surface area (Å²) < 4.78 is 14.0. The van der Waals surface area contributed by atoms with E-state index >= 15 is 0 Å². The summed E-state index contributed by atoms with van der Waals surface area (Å²) in [4.78, 5) is 14.0. The molecule has 0 bridgehead atoms. The number of phenols is 1. The monoisotopic (exact) mass is 287 g/mol. The van der Waals surface area contributed by atoms with Crippen molar-refractivity contribution in [2.45, 2.75) is 20.8 Å². The molecule has 3 nitrogen and oxygen atoms in total. The Hall–Kier alpha value is -2.36. The van der Waals surface area contributed by atoms with E-state index in [4.69, 9.17) is 0 Å². The quantitative estimate of drug-likeness (QED) is 0.932. The van der Waals surface area contributed by atoms with E-state index in [1.807, 2.05) is 13.8 Å². The zero-order chi connectivity index (χ0) is 15.6. The van der Waals surface area contributed by atoms with Crippen molar-refractivity contribution in [2.24, 2.45) is 0 Å². The first-order valence-corrected chi connectivity index (χ1v) is 6.81. The smallest absolute Gasteiger partial charge is 0.261 e. The molecule has 2 rings (SSSR count). The fourth-order valence-electron chi connectivity index (χ4n) is 2.25. The van der Waals surface area contributed by atoms with Gasteiger partial charge in [0.15, 0.2) is 0 Å². The van der Waals surface area contributed by atoms with Gasteiger partial charge in [0, 0.05) is 12.6 Å². The van der Waals surface area contributed by atoms with Crippen LogP contribution in [0.25, 0.3) is 0 Å². The Bertz CT molecular complexity index is 682. The summed E-state index contributed by atoms with van der Waals surface area (Å²) in [6, 6.07) is 9.35. The number of phenolic OH excluding ortho intramolecular Hbond substituents is 1. The zero-order valence-electron chi connectivity index (χ0n) is 12.4. The van der Waals surface area contributed by atoms with Crippen LogP contribution in [-0.2, 0) is 0 Å². The molecule has 1 amide bonds. The van der Waals surface area contributed by atoms with E-state index in [0.717, 1.165) is 11.1 Å². The summed E-state index contributed by atoms with van der Waals surface area (Å²) in [5.74, 6) is -0.869. The second kappa shape index (κ2) is 5.95. The van der Waals surface area contributed by atoms with Crippen LogP contribution >= 0.6 is 0 Å². The van der Waals surface area contributed by atoms with Crippen molar-refractivity contribution in [1.82, 2.24) is 0 Å². The number of amides is 1. The zero-order valence-corrected chi connectivity index (χ0v) is 12.4. The van der Waals surface area contributed by atoms with Gasteiger partial charge in [-0.05, 0) is 50.1 Å². The third-order valence-corrected chi connectivity index (χ3v) is 3.40. The Morgan fingerprint density at radius 1 is 1.19 bits per heavy atom. The lowest BCUT2D eigenvalue weighted by Crippen LogP contribution is -2.31. The number of benzene rings is 2. The normalized spacial score (nSPS) is 10.5. The molecular formula is C17H18FNO2. The molecule has 0 saturated heterocycles. The summed E-state index contributed by atoms with van der Waals surface area (Å²) in [5, 5.41) is 9.61. The lowest BCUT2D eigenvalue weighted by atomic mass is 10.1. The summed E-state index contributed by atoms with van der Waals surface area (Å²) in [6.45, 7) is 5.81. The minimum atomic E-state index is -0.531. The van der Waals surface area contributed by atoms with Gasteiger partial charge in [0.2, 0.25) is 0 Å². The van der Waals surface area contributed by atoms with Gasteiger partial charge in [-0.15, -0.1) is 0 Å². The molecule has 0 aromatic heterocycles. The van der Waals surface area contributed by atoms with Crippen LogP contribution in [0.5, 0.6) is 5.75 Å². The van der Waals surface area contributed by atoms with Gasteiger partial charge in [-0.2, -0.15) is 0 Å². The number of halogens is 1. The molecule has 0 aliphatic heterocycles. The third kappa shape index (κ3) is 3.05. The van der Waals surface area contributed by atoms with Gasteiger partial charge in [0.05, 0.1) is 11.3 Å². The summed E-state index contributed by atoms with van der Waals surface area (Å²) in [5.41, 5.74) is 2.23.